The fraction of sp³-hybridized carbons (Fsp3) is 0.250. The minimum atomic E-state index is -3.42. The van der Waals surface area contributed by atoms with Gasteiger partial charge in [0.15, 0.2) is 5.78 Å². The number of anilines is 2. The molecule has 2 aromatic carbocycles. The number of imide groups is 1. The monoisotopic (exact) mass is 415 g/mol. The number of benzene rings is 2. The molecule has 152 valence electrons. The second-order valence-corrected chi connectivity index (χ2v) is 8.71. The number of hydrogen-bond acceptors (Lipinski definition) is 5. The maximum Gasteiger partial charge on any atom is 0.332 e. The topological polar surface area (TPSA) is 104 Å². The summed E-state index contributed by atoms with van der Waals surface area (Å²) in [6.07, 6.45) is 1.03. The molecule has 0 spiro atoms. The molecular weight excluding hydrogens is 394 g/mol. The van der Waals surface area contributed by atoms with Gasteiger partial charge in [0.1, 0.15) is 6.04 Å². The molecule has 1 saturated heterocycles. The van der Waals surface area contributed by atoms with Gasteiger partial charge in [-0.05, 0) is 50.2 Å². The first-order chi connectivity index (χ1) is 13.6. The van der Waals surface area contributed by atoms with Gasteiger partial charge in [0, 0.05) is 16.9 Å². The van der Waals surface area contributed by atoms with Gasteiger partial charge < -0.3 is 0 Å². The number of Topliss-reactive ketones (excluding diaryl/α,β-unsaturated/α-hetero) is 1. The van der Waals surface area contributed by atoms with Crippen LogP contribution in [0.2, 0.25) is 0 Å². The number of sulfonamides is 1. The second-order valence-electron chi connectivity index (χ2n) is 6.96. The highest BCUT2D eigenvalue weighted by molar-refractivity contribution is 7.92. The molecule has 9 heteroatoms. The number of carbonyl (C=O) groups excluding carboxylic acids is 3. The number of rotatable bonds is 6. The Labute approximate surface area is 169 Å². The number of nitrogens with zero attached hydrogens (tertiary/aromatic N) is 2. The lowest BCUT2D eigenvalue weighted by atomic mass is 10.1. The smallest absolute Gasteiger partial charge is 0.292 e. The molecule has 1 fully saturated rings. The molecule has 2 aromatic rings. The number of urea groups is 1. The van der Waals surface area contributed by atoms with Crippen LogP contribution in [-0.4, -0.2) is 49.9 Å². The number of hydrogen-bond donors (Lipinski definition) is 1. The normalized spacial score (nSPS) is 17.0. The van der Waals surface area contributed by atoms with E-state index in [4.69, 9.17) is 0 Å². The highest BCUT2D eigenvalue weighted by atomic mass is 32.2. The first-order valence-corrected chi connectivity index (χ1v) is 10.8. The Kier molecular flexibility index (Phi) is 5.43. The Morgan fingerprint density at radius 2 is 1.62 bits per heavy atom. The third kappa shape index (κ3) is 4.45. The lowest BCUT2D eigenvalue weighted by Crippen LogP contribution is -2.37. The van der Waals surface area contributed by atoms with Crippen LogP contribution in [0.25, 0.3) is 0 Å². The molecule has 1 aliphatic heterocycles. The van der Waals surface area contributed by atoms with Gasteiger partial charge in [-0.3, -0.25) is 24.1 Å². The summed E-state index contributed by atoms with van der Waals surface area (Å²) in [5, 5.41) is 0. The molecule has 1 N–H and O–H groups in total. The molecular formula is C20H21N3O5S. The summed E-state index contributed by atoms with van der Waals surface area (Å²) in [6, 6.07) is 11.7. The maximum atomic E-state index is 12.8. The van der Waals surface area contributed by atoms with E-state index in [1.54, 1.807) is 19.1 Å². The fourth-order valence-corrected chi connectivity index (χ4v) is 3.65. The molecule has 29 heavy (non-hydrogen) atoms. The molecule has 0 saturated carbocycles. The number of amides is 3. The van der Waals surface area contributed by atoms with Crippen molar-refractivity contribution in [2.75, 3.05) is 22.4 Å². The van der Waals surface area contributed by atoms with Gasteiger partial charge in [0.05, 0.1) is 12.8 Å². The standard InChI is InChI=1S/C20H21N3O5S/c1-13-4-10-17(11-5-13)23-14(2)19(25)22(20(23)26)12-18(24)15-6-8-16(9-7-15)21-29(3,27)28/h4-11,14,21H,12H2,1-3H3/t14-/m1/s1. The molecule has 3 amide bonds. The van der Waals surface area contributed by atoms with Gasteiger partial charge in [0.2, 0.25) is 10.0 Å². The molecule has 1 atom stereocenters. The molecule has 3 rings (SSSR count). The molecule has 0 radical (unpaired) electrons. The van der Waals surface area contributed by atoms with Crippen LogP contribution in [0.4, 0.5) is 16.2 Å². The Morgan fingerprint density at radius 3 is 2.17 bits per heavy atom. The van der Waals surface area contributed by atoms with Crippen LogP contribution in [0.3, 0.4) is 0 Å². The van der Waals surface area contributed by atoms with Crippen LogP contribution in [0.5, 0.6) is 0 Å². The second kappa shape index (κ2) is 7.67. The Balaban J connectivity index is 1.75. The van der Waals surface area contributed by atoms with Gasteiger partial charge in [0.25, 0.3) is 5.91 Å². The van der Waals surface area contributed by atoms with Gasteiger partial charge >= 0.3 is 6.03 Å². The average Bonchev–Trinajstić information content (AvgIpc) is 2.85. The maximum absolute atomic E-state index is 12.8. The van der Waals surface area contributed by atoms with Crippen molar-refractivity contribution in [1.29, 1.82) is 0 Å². The summed E-state index contributed by atoms with van der Waals surface area (Å²) in [4.78, 5) is 40.3. The van der Waals surface area contributed by atoms with E-state index in [0.717, 1.165) is 16.7 Å². The molecule has 0 aliphatic carbocycles. The minimum Gasteiger partial charge on any atom is -0.292 e. The summed E-state index contributed by atoms with van der Waals surface area (Å²) in [7, 11) is -3.42. The van der Waals surface area contributed by atoms with Gasteiger partial charge in [-0.1, -0.05) is 17.7 Å². The summed E-state index contributed by atoms with van der Waals surface area (Å²) >= 11 is 0. The zero-order chi connectivity index (χ0) is 21.3. The summed E-state index contributed by atoms with van der Waals surface area (Å²) < 4.78 is 24.8. The zero-order valence-electron chi connectivity index (χ0n) is 16.2. The van der Waals surface area contributed by atoms with E-state index in [-0.39, 0.29) is 12.1 Å². The molecule has 0 aromatic heterocycles. The van der Waals surface area contributed by atoms with E-state index in [1.165, 1.54) is 29.2 Å². The number of ketones is 1. The Bertz CT molecular complexity index is 1060. The van der Waals surface area contributed by atoms with Crippen LogP contribution in [0, 0.1) is 6.92 Å². The lowest BCUT2D eigenvalue weighted by molar-refractivity contribution is -0.126. The molecule has 8 nitrogen and oxygen atoms in total. The van der Waals surface area contributed by atoms with Crippen LogP contribution < -0.4 is 9.62 Å². The van der Waals surface area contributed by atoms with E-state index in [2.05, 4.69) is 4.72 Å². The third-order valence-electron chi connectivity index (χ3n) is 4.57. The van der Waals surface area contributed by atoms with E-state index in [1.807, 2.05) is 19.1 Å². The van der Waals surface area contributed by atoms with Crippen LogP contribution >= 0.6 is 0 Å². The van der Waals surface area contributed by atoms with Crippen LogP contribution in [-0.2, 0) is 14.8 Å². The zero-order valence-corrected chi connectivity index (χ0v) is 17.1. The third-order valence-corrected chi connectivity index (χ3v) is 5.18. The lowest BCUT2D eigenvalue weighted by Gasteiger charge is -2.19. The first-order valence-electron chi connectivity index (χ1n) is 8.89. The summed E-state index contributed by atoms with van der Waals surface area (Å²) in [6.45, 7) is 3.16. The predicted octanol–water partition coefficient (Wildman–Crippen LogP) is 2.41. The van der Waals surface area contributed by atoms with Crippen LogP contribution in [0.1, 0.15) is 22.8 Å². The molecule has 0 bridgehead atoms. The van der Waals surface area contributed by atoms with E-state index in [0.29, 0.717) is 11.4 Å². The van der Waals surface area contributed by atoms with Crippen molar-refractivity contribution in [3.63, 3.8) is 0 Å². The Hall–Kier alpha value is -3.20. The highest BCUT2D eigenvalue weighted by Gasteiger charge is 2.44. The van der Waals surface area contributed by atoms with Crippen molar-refractivity contribution in [1.82, 2.24) is 4.90 Å². The molecule has 1 heterocycles. The van der Waals surface area contributed by atoms with Crippen molar-refractivity contribution in [3.8, 4) is 0 Å². The van der Waals surface area contributed by atoms with E-state index in [9.17, 15) is 22.8 Å². The van der Waals surface area contributed by atoms with Gasteiger partial charge in [-0.15, -0.1) is 0 Å². The van der Waals surface area contributed by atoms with E-state index >= 15 is 0 Å². The average molecular weight is 415 g/mol. The van der Waals surface area contributed by atoms with E-state index < -0.39 is 33.8 Å². The summed E-state index contributed by atoms with van der Waals surface area (Å²) in [5.74, 6) is -0.866. The quantitative estimate of drug-likeness (QED) is 0.576. The van der Waals surface area contributed by atoms with Crippen molar-refractivity contribution >= 4 is 39.1 Å². The van der Waals surface area contributed by atoms with Crippen molar-refractivity contribution in [2.24, 2.45) is 0 Å². The predicted molar refractivity (Wildman–Crippen MR) is 109 cm³/mol. The minimum absolute atomic E-state index is 0.270. The first kappa shape index (κ1) is 20.5. The van der Waals surface area contributed by atoms with Gasteiger partial charge in [-0.2, -0.15) is 0 Å². The number of nitrogens with one attached hydrogen (secondary N) is 1. The van der Waals surface area contributed by atoms with Crippen molar-refractivity contribution in [2.45, 2.75) is 19.9 Å². The SMILES string of the molecule is Cc1ccc(N2C(=O)N(CC(=O)c3ccc(NS(C)(=O)=O)cc3)C(=O)[C@H]2C)cc1. The Morgan fingerprint density at radius 1 is 1.03 bits per heavy atom. The number of aryl methyl sites for hydroxylation is 1. The van der Waals surface area contributed by atoms with Gasteiger partial charge in [-0.25, -0.2) is 13.2 Å². The summed E-state index contributed by atoms with van der Waals surface area (Å²) in [5.41, 5.74) is 2.20. The molecule has 1 aliphatic rings. The highest BCUT2D eigenvalue weighted by Crippen LogP contribution is 2.26. The van der Waals surface area contributed by atoms with Crippen LogP contribution in [0.15, 0.2) is 48.5 Å². The van der Waals surface area contributed by atoms with Crippen molar-refractivity contribution < 1.29 is 22.8 Å². The fourth-order valence-electron chi connectivity index (χ4n) is 3.08. The molecule has 0 unspecified atom stereocenters. The largest absolute Gasteiger partial charge is 0.332 e. The number of carbonyl (C=O) groups is 3. The van der Waals surface area contributed by atoms with Crippen molar-refractivity contribution in [3.05, 3.63) is 59.7 Å².